The molecule has 1 saturated heterocycles. The van der Waals surface area contributed by atoms with Crippen LogP contribution in [-0.2, 0) is 6.54 Å². The van der Waals surface area contributed by atoms with Gasteiger partial charge in [-0.1, -0.05) is 23.7 Å². The number of aromatic nitrogens is 2. The normalized spacial score (nSPS) is 21.4. The number of likely N-dealkylation sites (tertiary alicyclic amines) is 1. The van der Waals surface area contributed by atoms with E-state index in [1.54, 1.807) is 17.1 Å². The summed E-state index contributed by atoms with van der Waals surface area (Å²) in [5.41, 5.74) is 1.86. The van der Waals surface area contributed by atoms with Crippen molar-refractivity contribution in [1.82, 2.24) is 14.7 Å². The van der Waals surface area contributed by atoms with Gasteiger partial charge in [-0.2, -0.15) is 5.10 Å². The van der Waals surface area contributed by atoms with Crippen molar-refractivity contribution in [2.45, 2.75) is 51.7 Å². The van der Waals surface area contributed by atoms with Crippen LogP contribution in [0.5, 0.6) is 0 Å². The number of benzene rings is 1. The number of amides is 1. The van der Waals surface area contributed by atoms with Crippen LogP contribution >= 0.6 is 11.6 Å². The summed E-state index contributed by atoms with van der Waals surface area (Å²) in [6.07, 6.45) is 6.80. The quantitative estimate of drug-likeness (QED) is 0.853. The Morgan fingerprint density at radius 1 is 1.22 bits per heavy atom. The van der Waals surface area contributed by atoms with Crippen LogP contribution in [0.4, 0.5) is 0 Å². The second-order valence-electron chi connectivity index (χ2n) is 6.39. The second kappa shape index (κ2) is 6.75. The first-order valence-corrected chi connectivity index (χ1v) is 8.52. The molecule has 0 saturated carbocycles. The molecule has 0 unspecified atom stereocenters. The molecule has 2 aromatic rings. The lowest BCUT2D eigenvalue weighted by Crippen LogP contribution is -2.47. The van der Waals surface area contributed by atoms with Gasteiger partial charge < -0.3 is 4.90 Å². The Morgan fingerprint density at radius 3 is 2.43 bits per heavy atom. The molecule has 1 aliphatic rings. The number of rotatable bonds is 3. The maximum atomic E-state index is 12.8. The van der Waals surface area contributed by atoms with E-state index in [0.717, 1.165) is 24.0 Å². The molecular weight excluding hydrogens is 310 g/mol. The third-order valence-electron chi connectivity index (χ3n) is 4.58. The van der Waals surface area contributed by atoms with Crippen LogP contribution in [0.15, 0.2) is 36.7 Å². The van der Waals surface area contributed by atoms with Crippen LogP contribution in [-0.4, -0.2) is 32.7 Å². The predicted molar refractivity (Wildman–Crippen MR) is 91.7 cm³/mol. The molecule has 3 rings (SSSR count). The summed E-state index contributed by atoms with van der Waals surface area (Å²) in [4.78, 5) is 14.8. The summed E-state index contributed by atoms with van der Waals surface area (Å²) >= 11 is 5.87. The fourth-order valence-electron chi connectivity index (χ4n) is 3.34. The van der Waals surface area contributed by atoms with Crippen molar-refractivity contribution in [2.24, 2.45) is 0 Å². The van der Waals surface area contributed by atoms with Gasteiger partial charge in [0.2, 0.25) is 0 Å². The minimum absolute atomic E-state index is 0.137. The lowest BCUT2D eigenvalue weighted by molar-refractivity contribution is 0.0511. The molecule has 2 atom stereocenters. The number of piperidine rings is 1. The Hall–Kier alpha value is -1.81. The van der Waals surface area contributed by atoms with Crippen molar-refractivity contribution in [2.75, 3.05) is 0 Å². The van der Waals surface area contributed by atoms with Crippen molar-refractivity contribution in [3.05, 3.63) is 52.8 Å². The Labute approximate surface area is 142 Å². The van der Waals surface area contributed by atoms with Gasteiger partial charge in [0.15, 0.2) is 0 Å². The Bertz CT molecular complexity index is 670. The third kappa shape index (κ3) is 3.58. The monoisotopic (exact) mass is 331 g/mol. The average molecular weight is 332 g/mol. The summed E-state index contributed by atoms with van der Waals surface area (Å²) in [6.45, 7) is 4.93. The molecule has 23 heavy (non-hydrogen) atoms. The summed E-state index contributed by atoms with van der Waals surface area (Å²) < 4.78 is 1.79. The molecule has 1 aliphatic heterocycles. The second-order valence-corrected chi connectivity index (χ2v) is 6.83. The Kier molecular flexibility index (Phi) is 4.71. The average Bonchev–Trinajstić information content (AvgIpc) is 2.93. The van der Waals surface area contributed by atoms with Gasteiger partial charge in [-0.3, -0.25) is 9.48 Å². The van der Waals surface area contributed by atoms with E-state index in [4.69, 9.17) is 11.6 Å². The molecule has 0 N–H and O–H groups in total. The maximum Gasteiger partial charge on any atom is 0.254 e. The standard InChI is InChI=1S/C18H22ClN3O/c1-13-4-3-5-14(2)22(13)18(23)16-8-6-15(7-9-16)11-21-12-17(19)10-20-21/h6-10,12-14H,3-5,11H2,1-2H3/t13-,14-/m1/s1. The van der Waals surface area contributed by atoms with E-state index in [2.05, 4.69) is 18.9 Å². The van der Waals surface area contributed by atoms with E-state index in [1.165, 1.54) is 6.42 Å². The molecular formula is C18H22ClN3O. The van der Waals surface area contributed by atoms with Crippen LogP contribution < -0.4 is 0 Å². The van der Waals surface area contributed by atoms with E-state index in [0.29, 0.717) is 23.7 Å². The van der Waals surface area contributed by atoms with Crippen molar-refractivity contribution >= 4 is 17.5 Å². The minimum Gasteiger partial charge on any atom is -0.333 e. The van der Waals surface area contributed by atoms with Crippen LogP contribution in [0, 0.1) is 0 Å². The highest BCUT2D eigenvalue weighted by Crippen LogP contribution is 2.24. The summed E-state index contributed by atoms with van der Waals surface area (Å²) in [5, 5.41) is 4.80. The van der Waals surface area contributed by atoms with Gasteiger partial charge in [0.25, 0.3) is 5.91 Å². The molecule has 0 aliphatic carbocycles. The van der Waals surface area contributed by atoms with Gasteiger partial charge in [0.1, 0.15) is 0 Å². The van der Waals surface area contributed by atoms with Gasteiger partial charge in [0.05, 0.1) is 17.8 Å². The Balaban J connectivity index is 1.72. The molecule has 122 valence electrons. The molecule has 0 radical (unpaired) electrons. The Morgan fingerprint density at radius 2 is 1.87 bits per heavy atom. The van der Waals surface area contributed by atoms with Gasteiger partial charge >= 0.3 is 0 Å². The molecule has 4 nitrogen and oxygen atoms in total. The minimum atomic E-state index is 0.137. The number of halogens is 1. The van der Waals surface area contributed by atoms with Crippen LogP contribution in [0.3, 0.4) is 0 Å². The topological polar surface area (TPSA) is 38.1 Å². The zero-order valence-corrected chi connectivity index (χ0v) is 14.3. The lowest BCUT2D eigenvalue weighted by Gasteiger charge is -2.39. The smallest absolute Gasteiger partial charge is 0.254 e. The van der Waals surface area contributed by atoms with Crippen molar-refractivity contribution < 1.29 is 4.79 Å². The van der Waals surface area contributed by atoms with Crippen molar-refractivity contribution in [3.63, 3.8) is 0 Å². The summed E-state index contributed by atoms with van der Waals surface area (Å²) in [7, 11) is 0. The number of hydrogen-bond donors (Lipinski definition) is 0. The van der Waals surface area contributed by atoms with E-state index in [1.807, 2.05) is 29.2 Å². The highest BCUT2D eigenvalue weighted by atomic mass is 35.5. The lowest BCUT2D eigenvalue weighted by atomic mass is 9.96. The fourth-order valence-corrected chi connectivity index (χ4v) is 3.49. The van der Waals surface area contributed by atoms with E-state index in [-0.39, 0.29) is 5.91 Å². The predicted octanol–water partition coefficient (Wildman–Crippen LogP) is 3.99. The highest BCUT2D eigenvalue weighted by molar-refractivity contribution is 6.30. The molecule has 0 spiro atoms. The first kappa shape index (κ1) is 16.1. The molecule has 0 bridgehead atoms. The highest BCUT2D eigenvalue weighted by Gasteiger charge is 2.29. The summed E-state index contributed by atoms with van der Waals surface area (Å²) in [6, 6.07) is 8.44. The van der Waals surface area contributed by atoms with E-state index < -0.39 is 0 Å². The maximum absolute atomic E-state index is 12.8. The molecule has 1 aromatic carbocycles. The van der Waals surface area contributed by atoms with E-state index in [9.17, 15) is 4.79 Å². The van der Waals surface area contributed by atoms with Gasteiger partial charge in [0, 0.05) is 23.8 Å². The molecule has 2 heterocycles. The molecule has 1 fully saturated rings. The first-order valence-electron chi connectivity index (χ1n) is 8.14. The number of carbonyl (C=O) groups is 1. The van der Waals surface area contributed by atoms with Crippen LogP contribution in [0.1, 0.15) is 49.0 Å². The fraction of sp³-hybridized carbons (Fsp3) is 0.444. The zero-order valence-electron chi connectivity index (χ0n) is 13.6. The van der Waals surface area contributed by atoms with Crippen molar-refractivity contribution in [1.29, 1.82) is 0 Å². The molecule has 1 aromatic heterocycles. The van der Waals surface area contributed by atoms with Crippen LogP contribution in [0.25, 0.3) is 0 Å². The largest absolute Gasteiger partial charge is 0.333 e. The van der Waals surface area contributed by atoms with Gasteiger partial charge in [-0.25, -0.2) is 0 Å². The van der Waals surface area contributed by atoms with Gasteiger partial charge in [-0.15, -0.1) is 0 Å². The molecule has 5 heteroatoms. The SMILES string of the molecule is C[C@@H]1CCC[C@@H](C)N1C(=O)c1ccc(Cn2cc(Cl)cn2)cc1. The first-order chi connectivity index (χ1) is 11.0. The van der Waals surface area contributed by atoms with Gasteiger partial charge in [-0.05, 0) is 50.8 Å². The van der Waals surface area contributed by atoms with Crippen molar-refractivity contribution in [3.8, 4) is 0 Å². The zero-order chi connectivity index (χ0) is 16.4. The number of carbonyl (C=O) groups excluding carboxylic acids is 1. The molecule has 1 amide bonds. The number of hydrogen-bond acceptors (Lipinski definition) is 2. The van der Waals surface area contributed by atoms with Crippen LogP contribution in [0.2, 0.25) is 5.02 Å². The third-order valence-corrected chi connectivity index (χ3v) is 4.77. The summed E-state index contributed by atoms with van der Waals surface area (Å²) in [5.74, 6) is 0.137. The van der Waals surface area contributed by atoms with E-state index >= 15 is 0 Å². The number of nitrogens with zero attached hydrogens (tertiary/aromatic N) is 3.